The van der Waals surface area contributed by atoms with Crippen LogP contribution in [0.5, 0.6) is 0 Å². The van der Waals surface area contributed by atoms with E-state index in [0.29, 0.717) is 11.4 Å². The highest BCUT2D eigenvalue weighted by molar-refractivity contribution is 5.95. The van der Waals surface area contributed by atoms with Gasteiger partial charge in [0.15, 0.2) is 0 Å². The molecule has 0 fully saturated rings. The maximum atomic E-state index is 12.1. The van der Waals surface area contributed by atoms with Gasteiger partial charge >= 0.3 is 0 Å². The summed E-state index contributed by atoms with van der Waals surface area (Å²) in [5.74, 6) is -0.0657. The van der Waals surface area contributed by atoms with E-state index in [0.717, 1.165) is 6.54 Å². The van der Waals surface area contributed by atoms with Crippen LogP contribution in [0.2, 0.25) is 0 Å². The number of nitrogens with one attached hydrogen (secondary N) is 2. The first-order valence-electron chi connectivity index (χ1n) is 6.15. The minimum Gasteiger partial charge on any atom is -0.370 e. The number of aromatic nitrogens is 1. The number of carbonyl (C=O) groups excluding carboxylic acids is 2. The molecule has 0 radical (unpaired) electrons. The molecule has 0 saturated carbocycles. The van der Waals surface area contributed by atoms with Crippen LogP contribution in [0.25, 0.3) is 0 Å². The predicted octanol–water partition coefficient (Wildman–Crippen LogP) is 0.897. The van der Waals surface area contributed by atoms with Crippen molar-refractivity contribution in [2.24, 2.45) is 5.73 Å². The Kier molecular flexibility index (Phi) is 4.86. The van der Waals surface area contributed by atoms with Crippen molar-refractivity contribution >= 4 is 17.6 Å². The van der Waals surface area contributed by atoms with Crippen molar-refractivity contribution in [2.75, 3.05) is 11.9 Å². The number of rotatable bonds is 6. The maximum Gasteiger partial charge on any atom is 0.251 e. The van der Waals surface area contributed by atoms with Gasteiger partial charge in [0, 0.05) is 30.3 Å². The molecule has 2 amide bonds. The molecule has 1 heterocycles. The first kappa shape index (κ1) is 14.9. The van der Waals surface area contributed by atoms with Crippen LogP contribution in [-0.2, 0) is 4.79 Å². The smallest absolute Gasteiger partial charge is 0.251 e. The molecule has 0 aliphatic carbocycles. The van der Waals surface area contributed by atoms with Crippen LogP contribution in [0.4, 0.5) is 5.82 Å². The number of anilines is 1. The highest BCUT2D eigenvalue weighted by Gasteiger charge is 2.23. The molecular weight excluding hydrogens is 244 g/mol. The zero-order valence-corrected chi connectivity index (χ0v) is 11.5. The summed E-state index contributed by atoms with van der Waals surface area (Å²) < 4.78 is 0. The number of primary amides is 1. The molecule has 0 spiro atoms. The summed E-state index contributed by atoms with van der Waals surface area (Å²) in [4.78, 5) is 27.1. The number of amides is 2. The van der Waals surface area contributed by atoms with Crippen LogP contribution < -0.4 is 16.4 Å². The van der Waals surface area contributed by atoms with Crippen LogP contribution in [0.15, 0.2) is 18.3 Å². The Hall–Kier alpha value is -2.11. The van der Waals surface area contributed by atoms with Crippen molar-refractivity contribution in [3.63, 3.8) is 0 Å². The zero-order valence-electron chi connectivity index (χ0n) is 11.5. The summed E-state index contributed by atoms with van der Waals surface area (Å²) in [6, 6.07) is 3.29. The van der Waals surface area contributed by atoms with Gasteiger partial charge in [-0.05, 0) is 32.9 Å². The minimum absolute atomic E-state index is 0.0872. The molecule has 0 aliphatic heterocycles. The van der Waals surface area contributed by atoms with Crippen LogP contribution in [0.3, 0.4) is 0 Å². The summed E-state index contributed by atoms with van der Waals surface area (Å²) >= 11 is 0. The van der Waals surface area contributed by atoms with Gasteiger partial charge in [0.05, 0.1) is 0 Å². The van der Waals surface area contributed by atoms with E-state index < -0.39 is 11.4 Å². The van der Waals surface area contributed by atoms with E-state index in [9.17, 15) is 9.59 Å². The lowest BCUT2D eigenvalue weighted by atomic mass is 9.99. The first-order valence-corrected chi connectivity index (χ1v) is 6.15. The molecule has 104 valence electrons. The Morgan fingerprint density at radius 3 is 2.68 bits per heavy atom. The first-order chi connectivity index (χ1) is 8.84. The molecule has 4 N–H and O–H groups in total. The van der Waals surface area contributed by atoms with Gasteiger partial charge in [0.1, 0.15) is 5.82 Å². The second-order valence-corrected chi connectivity index (χ2v) is 4.94. The van der Waals surface area contributed by atoms with Crippen molar-refractivity contribution in [2.45, 2.75) is 32.7 Å². The van der Waals surface area contributed by atoms with Crippen molar-refractivity contribution < 1.29 is 9.59 Å². The predicted molar refractivity (Wildman–Crippen MR) is 73.8 cm³/mol. The Labute approximate surface area is 112 Å². The number of carbonyl (C=O) groups is 2. The van der Waals surface area contributed by atoms with E-state index in [1.165, 1.54) is 0 Å². The number of pyridine rings is 1. The lowest BCUT2D eigenvalue weighted by Crippen LogP contribution is -2.46. The van der Waals surface area contributed by atoms with E-state index in [1.54, 1.807) is 32.2 Å². The van der Waals surface area contributed by atoms with E-state index in [2.05, 4.69) is 15.6 Å². The van der Waals surface area contributed by atoms with Crippen LogP contribution in [0.1, 0.15) is 37.6 Å². The highest BCUT2D eigenvalue weighted by Crippen LogP contribution is 2.11. The van der Waals surface area contributed by atoms with E-state index in [-0.39, 0.29) is 12.3 Å². The monoisotopic (exact) mass is 264 g/mol. The summed E-state index contributed by atoms with van der Waals surface area (Å²) in [7, 11) is 0. The lowest BCUT2D eigenvalue weighted by molar-refractivity contribution is -0.119. The zero-order chi connectivity index (χ0) is 14.5. The number of nitrogens with zero attached hydrogens (tertiary/aromatic N) is 1. The van der Waals surface area contributed by atoms with Gasteiger partial charge in [-0.15, -0.1) is 0 Å². The van der Waals surface area contributed by atoms with Gasteiger partial charge in [-0.3, -0.25) is 9.59 Å². The molecule has 0 bridgehead atoms. The largest absolute Gasteiger partial charge is 0.370 e. The minimum atomic E-state index is -0.676. The molecule has 0 aromatic carbocycles. The second-order valence-electron chi connectivity index (χ2n) is 4.94. The summed E-state index contributed by atoms with van der Waals surface area (Å²) in [6.45, 7) is 6.18. The Morgan fingerprint density at radius 2 is 2.11 bits per heavy atom. The fourth-order valence-electron chi connectivity index (χ4n) is 1.71. The molecule has 0 atom stereocenters. The third-order valence-corrected chi connectivity index (χ3v) is 2.45. The third-order valence-electron chi connectivity index (χ3n) is 2.45. The molecule has 0 saturated heterocycles. The molecule has 1 aromatic rings. The van der Waals surface area contributed by atoms with Gasteiger partial charge in [0.2, 0.25) is 5.91 Å². The Bertz CT molecular complexity index is 471. The van der Waals surface area contributed by atoms with Gasteiger partial charge in [-0.1, -0.05) is 0 Å². The van der Waals surface area contributed by atoms with Gasteiger partial charge in [-0.25, -0.2) is 4.98 Å². The SMILES string of the molecule is CCNc1cc(C(=O)NC(C)(C)CC(N)=O)ccn1. The van der Waals surface area contributed by atoms with E-state index >= 15 is 0 Å². The Morgan fingerprint density at radius 1 is 1.42 bits per heavy atom. The maximum absolute atomic E-state index is 12.1. The van der Waals surface area contributed by atoms with Crippen molar-refractivity contribution in [1.29, 1.82) is 0 Å². The van der Waals surface area contributed by atoms with Crippen molar-refractivity contribution in [1.82, 2.24) is 10.3 Å². The van der Waals surface area contributed by atoms with Crippen LogP contribution in [0, 0.1) is 0 Å². The normalized spacial score (nSPS) is 10.9. The topological polar surface area (TPSA) is 97.1 Å². The van der Waals surface area contributed by atoms with Crippen LogP contribution in [-0.4, -0.2) is 28.9 Å². The standard InChI is InChI=1S/C13H20N4O2/c1-4-15-11-7-9(5-6-16-11)12(19)17-13(2,3)8-10(14)18/h5-7H,4,8H2,1-3H3,(H2,14,18)(H,15,16)(H,17,19). The number of nitrogens with two attached hydrogens (primary N) is 1. The lowest BCUT2D eigenvalue weighted by Gasteiger charge is -2.24. The molecular formula is C13H20N4O2. The molecule has 1 aromatic heterocycles. The molecule has 19 heavy (non-hydrogen) atoms. The van der Waals surface area contributed by atoms with Gasteiger partial charge in [0.25, 0.3) is 5.91 Å². The van der Waals surface area contributed by atoms with Gasteiger partial charge in [-0.2, -0.15) is 0 Å². The molecule has 0 aliphatic rings. The molecule has 1 rings (SSSR count). The summed E-state index contributed by atoms with van der Waals surface area (Å²) in [5, 5.41) is 5.81. The average Bonchev–Trinajstić information content (AvgIpc) is 2.27. The van der Waals surface area contributed by atoms with Crippen molar-refractivity contribution in [3.8, 4) is 0 Å². The molecule has 0 unspecified atom stereocenters. The van der Waals surface area contributed by atoms with Crippen molar-refractivity contribution in [3.05, 3.63) is 23.9 Å². The number of hydrogen-bond donors (Lipinski definition) is 3. The summed E-state index contributed by atoms with van der Waals surface area (Å²) in [5.41, 5.74) is 4.96. The van der Waals surface area contributed by atoms with Crippen LogP contribution >= 0.6 is 0 Å². The fraction of sp³-hybridized carbons (Fsp3) is 0.462. The second kappa shape index (κ2) is 6.17. The number of hydrogen-bond acceptors (Lipinski definition) is 4. The highest BCUT2D eigenvalue weighted by atomic mass is 16.2. The molecule has 6 nitrogen and oxygen atoms in total. The summed E-state index contributed by atoms with van der Waals surface area (Å²) in [6.07, 6.45) is 1.65. The quantitative estimate of drug-likeness (QED) is 0.711. The molecule has 6 heteroatoms. The van der Waals surface area contributed by atoms with E-state index in [1.807, 2.05) is 6.92 Å². The third kappa shape index (κ3) is 4.95. The average molecular weight is 264 g/mol. The van der Waals surface area contributed by atoms with Gasteiger partial charge < -0.3 is 16.4 Å². The fourth-order valence-corrected chi connectivity index (χ4v) is 1.71. The Balaban J connectivity index is 2.77. The van der Waals surface area contributed by atoms with E-state index in [4.69, 9.17) is 5.73 Å².